The summed E-state index contributed by atoms with van der Waals surface area (Å²) in [5.74, 6) is -0.338. The van der Waals surface area contributed by atoms with Crippen molar-refractivity contribution in [3.63, 3.8) is 0 Å². The quantitative estimate of drug-likeness (QED) is 0.610. The minimum Gasteiger partial charge on any atom is -0.468 e. The van der Waals surface area contributed by atoms with Crippen molar-refractivity contribution in [2.24, 2.45) is 0 Å². The molecular weight excluding hydrogens is 377 g/mol. The van der Waals surface area contributed by atoms with Gasteiger partial charge in [0, 0.05) is 13.5 Å². The molecule has 1 N–H and O–H groups in total. The zero-order valence-electron chi connectivity index (χ0n) is 14.3. The predicted molar refractivity (Wildman–Crippen MR) is 90.8 cm³/mol. The SMILES string of the molecule is Cc1nc(CC(=O)NCC(c2ccco2)S(=O)(=O)c2ccc(F)cc2)no1. The average Bonchev–Trinajstić information content (AvgIpc) is 3.27. The van der Waals surface area contributed by atoms with E-state index in [1.807, 2.05) is 0 Å². The summed E-state index contributed by atoms with van der Waals surface area (Å²) in [4.78, 5) is 15.9. The predicted octanol–water partition coefficient (Wildman–Crippen LogP) is 1.98. The fraction of sp³-hybridized carbons (Fsp3) is 0.235. The zero-order chi connectivity index (χ0) is 19.4. The van der Waals surface area contributed by atoms with Gasteiger partial charge in [0.25, 0.3) is 0 Å². The largest absolute Gasteiger partial charge is 0.468 e. The second-order valence-electron chi connectivity index (χ2n) is 5.71. The van der Waals surface area contributed by atoms with E-state index in [0.717, 1.165) is 12.1 Å². The summed E-state index contributed by atoms with van der Waals surface area (Å²) >= 11 is 0. The summed E-state index contributed by atoms with van der Waals surface area (Å²) in [6.07, 6.45) is 1.19. The Morgan fingerprint density at radius 2 is 2.00 bits per heavy atom. The molecule has 10 heteroatoms. The fourth-order valence-corrected chi connectivity index (χ4v) is 4.04. The molecule has 0 aliphatic carbocycles. The lowest BCUT2D eigenvalue weighted by atomic mass is 10.3. The molecule has 0 aliphatic rings. The van der Waals surface area contributed by atoms with E-state index in [9.17, 15) is 17.6 Å². The van der Waals surface area contributed by atoms with Crippen LogP contribution in [0.4, 0.5) is 4.39 Å². The van der Waals surface area contributed by atoms with Crippen molar-refractivity contribution >= 4 is 15.7 Å². The number of rotatable bonds is 7. The lowest BCUT2D eigenvalue weighted by Crippen LogP contribution is -2.33. The molecule has 27 heavy (non-hydrogen) atoms. The highest BCUT2D eigenvalue weighted by atomic mass is 32.2. The molecule has 3 aromatic rings. The third-order valence-electron chi connectivity index (χ3n) is 3.75. The van der Waals surface area contributed by atoms with Crippen LogP contribution in [0.1, 0.15) is 22.7 Å². The molecule has 2 aromatic heterocycles. The fourth-order valence-electron chi connectivity index (χ4n) is 2.45. The zero-order valence-corrected chi connectivity index (χ0v) is 15.1. The summed E-state index contributed by atoms with van der Waals surface area (Å²) < 4.78 is 49.0. The number of hydrogen-bond donors (Lipinski definition) is 1. The number of nitrogens with zero attached hydrogens (tertiary/aromatic N) is 2. The van der Waals surface area contributed by atoms with Crippen LogP contribution in [-0.2, 0) is 21.1 Å². The first-order valence-corrected chi connectivity index (χ1v) is 9.49. The van der Waals surface area contributed by atoms with E-state index in [1.165, 1.54) is 24.5 Å². The summed E-state index contributed by atoms with van der Waals surface area (Å²) in [5.41, 5.74) is 0. The number of aromatic nitrogens is 2. The van der Waals surface area contributed by atoms with E-state index < -0.39 is 26.8 Å². The van der Waals surface area contributed by atoms with Crippen molar-refractivity contribution in [3.05, 3.63) is 66.0 Å². The summed E-state index contributed by atoms with van der Waals surface area (Å²) in [6.45, 7) is 1.36. The van der Waals surface area contributed by atoms with Gasteiger partial charge in [0.15, 0.2) is 15.7 Å². The number of carbonyl (C=O) groups is 1. The van der Waals surface area contributed by atoms with Gasteiger partial charge in [-0.25, -0.2) is 12.8 Å². The first-order valence-electron chi connectivity index (χ1n) is 7.95. The molecule has 142 valence electrons. The smallest absolute Gasteiger partial charge is 0.227 e. The Balaban J connectivity index is 1.78. The van der Waals surface area contributed by atoms with Crippen LogP contribution < -0.4 is 5.32 Å². The number of benzene rings is 1. The Labute approximate surface area is 154 Å². The van der Waals surface area contributed by atoms with E-state index in [4.69, 9.17) is 8.94 Å². The summed E-state index contributed by atoms with van der Waals surface area (Å²) in [7, 11) is -3.93. The molecule has 0 saturated carbocycles. The first kappa shape index (κ1) is 18.8. The van der Waals surface area contributed by atoms with Crippen LogP contribution in [0.5, 0.6) is 0 Å². The van der Waals surface area contributed by atoms with Crippen molar-refractivity contribution in [1.29, 1.82) is 0 Å². The Hall–Kier alpha value is -3.01. The standard InChI is InChI=1S/C17H16FN3O5S/c1-11-20-16(21-26-11)9-17(22)19-10-15(14-3-2-8-25-14)27(23,24)13-6-4-12(18)5-7-13/h2-8,15H,9-10H2,1H3,(H,19,22). The number of aryl methyl sites for hydroxylation is 1. The van der Waals surface area contributed by atoms with Crippen molar-refractivity contribution in [3.8, 4) is 0 Å². The number of nitrogens with one attached hydrogen (secondary N) is 1. The Morgan fingerprint density at radius 3 is 2.59 bits per heavy atom. The molecule has 0 bridgehead atoms. The van der Waals surface area contributed by atoms with Crippen LogP contribution in [-0.4, -0.2) is 31.0 Å². The normalized spacial score (nSPS) is 12.7. The average molecular weight is 393 g/mol. The van der Waals surface area contributed by atoms with Gasteiger partial charge in [0.05, 0.1) is 17.6 Å². The number of amides is 1. The number of carbonyl (C=O) groups excluding carboxylic acids is 1. The molecule has 1 unspecified atom stereocenters. The topological polar surface area (TPSA) is 115 Å². The summed E-state index contributed by atoms with van der Waals surface area (Å²) in [6, 6.07) is 7.51. The van der Waals surface area contributed by atoms with Crippen LogP contribution in [0.25, 0.3) is 0 Å². The van der Waals surface area contributed by atoms with Gasteiger partial charge >= 0.3 is 0 Å². The van der Waals surface area contributed by atoms with Crippen LogP contribution in [0, 0.1) is 12.7 Å². The van der Waals surface area contributed by atoms with Crippen LogP contribution in [0.15, 0.2) is 56.5 Å². The highest BCUT2D eigenvalue weighted by Crippen LogP contribution is 2.29. The van der Waals surface area contributed by atoms with Gasteiger partial charge in [-0.1, -0.05) is 5.16 Å². The molecule has 0 saturated heterocycles. The second kappa shape index (κ2) is 7.70. The van der Waals surface area contributed by atoms with E-state index >= 15 is 0 Å². The second-order valence-corrected chi connectivity index (χ2v) is 7.84. The maximum absolute atomic E-state index is 13.1. The molecule has 1 atom stereocenters. The van der Waals surface area contributed by atoms with E-state index in [-0.39, 0.29) is 29.4 Å². The molecule has 8 nitrogen and oxygen atoms in total. The van der Waals surface area contributed by atoms with Crippen LogP contribution in [0.3, 0.4) is 0 Å². The van der Waals surface area contributed by atoms with Crippen molar-refractivity contribution < 1.29 is 26.5 Å². The maximum Gasteiger partial charge on any atom is 0.227 e. The van der Waals surface area contributed by atoms with Gasteiger partial charge in [-0.3, -0.25) is 4.79 Å². The summed E-state index contributed by atoms with van der Waals surface area (Å²) in [5, 5.41) is 4.99. The molecule has 0 fully saturated rings. The highest BCUT2D eigenvalue weighted by Gasteiger charge is 2.32. The Kier molecular flexibility index (Phi) is 5.36. The molecule has 2 heterocycles. The lowest BCUT2D eigenvalue weighted by Gasteiger charge is -2.16. The third-order valence-corrected chi connectivity index (χ3v) is 5.83. The first-order chi connectivity index (χ1) is 12.9. The number of hydrogen-bond acceptors (Lipinski definition) is 7. The van der Waals surface area contributed by atoms with Crippen molar-refractivity contribution in [2.45, 2.75) is 23.5 Å². The molecule has 0 radical (unpaired) electrons. The molecule has 3 rings (SSSR count). The lowest BCUT2D eigenvalue weighted by molar-refractivity contribution is -0.120. The van der Waals surface area contributed by atoms with Gasteiger partial charge in [-0.2, -0.15) is 4.98 Å². The van der Waals surface area contributed by atoms with E-state index in [1.54, 1.807) is 13.0 Å². The third kappa shape index (κ3) is 4.40. The van der Waals surface area contributed by atoms with Gasteiger partial charge in [-0.15, -0.1) is 0 Å². The molecular formula is C17H16FN3O5S. The molecule has 1 amide bonds. The Morgan fingerprint density at radius 1 is 1.26 bits per heavy atom. The number of halogens is 1. The van der Waals surface area contributed by atoms with Crippen molar-refractivity contribution in [2.75, 3.05) is 6.54 Å². The maximum atomic E-state index is 13.1. The van der Waals surface area contributed by atoms with Crippen molar-refractivity contribution in [1.82, 2.24) is 15.5 Å². The minimum atomic E-state index is -3.93. The van der Waals surface area contributed by atoms with E-state index in [2.05, 4.69) is 15.5 Å². The highest BCUT2D eigenvalue weighted by molar-refractivity contribution is 7.91. The van der Waals surface area contributed by atoms with Gasteiger partial charge in [0.1, 0.15) is 16.8 Å². The van der Waals surface area contributed by atoms with Gasteiger partial charge in [0.2, 0.25) is 11.8 Å². The minimum absolute atomic E-state index is 0.0756. The monoisotopic (exact) mass is 393 g/mol. The van der Waals surface area contributed by atoms with Crippen LogP contribution >= 0.6 is 0 Å². The Bertz CT molecular complexity index is 1010. The van der Waals surface area contributed by atoms with E-state index in [0.29, 0.717) is 5.89 Å². The molecule has 1 aromatic carbocycles. The van der Waals surface area contributed by atoms with Gasteiger partial charge in [-0.05, 0) is 36.4 Å². The number of sulfone groups is 1. The van der Waals surface area contributed by atoms with Crippen LogP contribution in [0.2, 0.25) is 0 Å². The number of furan rings is 1. The molecule has 0 spiro atoms. The van der Waals surface area contributed by atoms with Gasteiger partial charge < -0.3 is 14.3 Å². The molecule has 0 aliphatic heterocycles.